The van der Waals surface area contributed by atoms with Crippen LogP contribution in [0.1, 0.15) is 38.3 Å². The molecule has 8 heteroatoms. The molecule has 0 aromatic heterocycles. The minimum absolute atomic E-state index is 0.0313. The molecule has 3 amide bonds. The van der Waals surface area contributed by atoms with Crippen LogP contribution in [0.2, 0.25) is 0 Å². The number of hydrogen-bond acceptors (Lipinski definition) is 5. The van der Waals surface area contributed by atoms with Crippen molar-refractivity contribution in [1.82, 2.24) is 9.21 Å². The van der Waals surface area contributed by atoms with E-state index in [0.29, 0.717) is 4.31 Å². The molecule has 25 heavy (non-hydrogen) atoms. The molecule has 3 rings (SSSR count). The molecule has 1 fully saturated rings. The fourth-order valence-corrected chi connectivity index (χ4v) is 5.62. The van der Waals surface area contributed by atoms with E-state index in [2.05, 4.69) is 0 Å². The summed E-state index contributed by atoms with van der Waals surface area (Å²) in [4.78, 5) is 38.9. The van der Waals surface area contributed by atoms with Crippen molar-refractivity contribution in [3.8, 4) is 0 Å². The van der Waals surface area contributed by atoms with Crippen molar-refractivity contribution < 1.29 is 22.8 Å². The molecule has 1 spiro atoms. The van der Waals surface area contributed by atoms with Gasteiger partial charge in [0, 0.05) is 19.0 Å². The first-order chi connectivity index (χ1) is 11.5. The zero-order valence-corrected chi connectivity index (χ0v) is 15.4. The van der Waals surface area contributed by atoms with E-state index in [-0.39, 0.29) is 29.3 Å². The number of benzene rings is 1. The van der Waals surface area contributed by atoms with Crippen LogP contribution in [0.4, 0.5) is 0 Å². The van der Waals surface area contributed by atoms with Crippen LogP contribution >= 0.6 is 0 Å². The van der Waals surface area contributed by atoms with Crippen LogP contribution in [-0.4, -0.2) is 41.9 Å². The molecule has 2 heterocycles. The Bertz CT molecular complexity index is 906. The van der Waals surface area contributed by atoms with E-state index in [4.69, 9.17) is 0 Å². The largest absolute Gasteiger partial charge is 0.280 e. The van der Waals surface area contributed by atoms with Crippen molar-refractivity contribution in [2.24, 2.45) is 5.92 Å². The number of imide groups is 1. The lowest BCUT2D eigenvalue weighted by Gasteiger charge is -2.31. The van der Waals surface area contributed by atoms with Crippen LogP contribution in [0.3, 0.4) is 0 Å². The van der Waals surface area contributed by atoms with E-state index < -0.39 is 33.3 Å². The Morgan fingerprint density at radius 1 is 1.28 bits per heavy atom. The lowest BCUT2D eigenvalue weighted by molar-refractivity contribution is -0.145. The minimum Gasteiger partial charge on any atom is -0.280 e. The average Bonchev–Trinajstić information content (AvgIpc) is 2.82. The van der Waals surface area contributed by atoms with Crippen LogP contribution in [0.15, 0.2) is 23.1 Å². The Morgan fingerprint density at radius 3 is 2.48 bits per heavy atom. The Hall–Kier alpha value is -2.22. The molecule has 1 atom stereocenters. The third-order valence-electron chi connectivity index (χ3n) is 4.59. The summed E-state index contributed by atoms with van der Waals surface area (Å²) in [6.07, 6.45) is -0.353. The van der Waals surface area contributed by atoms with Crippen LogP contribution in [-0.2, 0) is 29.9 Å². The van der Waals surface area contributed by atoms with Crippen LogP contribution in [0.25, 0.3) is 0 Å². The predicted molar refractivity (Wildman–Crippen MR) is 88.7 cm³/mol. The molecule has 0 N–H and O–H groups in total. The first-order valence-corrected chi connectivity index (χ1v) is 9.49. The summed E-state index contributed by atoms with van der Waals surface area (Å²) in [5.74, 6) is -1.85. The first-order valence-electron chi connectivity index (χ1n) is 8.05. The standard InChI is InChI=1S/C17H20N2O5S/c1-10(2)9-18-15(21)8-17(16(18)22)13-7-11(3)5-6-14(13)25(23,24)19(17)12(4)20/h5-7,10H,8-9H2,1-4H3. The van der Waals surface area contributed by atoms with Gasteiger partial charge in [-0.2, -0.15) is 0 Å². The second kappa shape index (κ2) is 5.39. The number of fused-ring (bicyclic) bond motifs is 2. The number of sulfonamides is 1. The molecule has 134 valence electrons. The normalized spacial score (nSPS) is 24.5. The van der Waals surface area contributed by atoms with Crippen LogP contribution in [0.5, 0.6) is 0 Å². The highest BCUT2D eigenvalue weighted by molar-refractivity contribution is 7.90. The number of likely N-dealkylation sites (tertiary alicyclic amines) is 1. The van der Waals surface area contributed by atoms with Crippen molar-refractivity contribution in [2.45, 2.75) is 44.6 Å². The summed E-state index contributed by atoms with van der Waals surface area (Å²) in [5, 5.41) is 0. The molecule has 0 bridgehead atoms. The quantitative estimate of drug-likeness (QED) is 0.734. The molecule has 2 aliphatic rings. The van der Waals surface area contributed by atoms with Gasteiger partial charge in [0.05, 0.1) is 11.3 Å². The van der Waals surface area contributed by atoms with Gasteiger partial charge in [-0.1, -0.05) is 31.5 Å². The zero-order valence-electron chi connectivity index (χ0n) is 14.6. The van der Waals surface area contributed by atoms with Gasteiger partial charge >= 0.3 is 0 Å². The minimum atomic E-state index is -4.18. The second-order valence-electron chi connectivity index (χ2n) is 7.03. The lowest BCUT2D eigenvalue weighted by atomic mass is 9.87. The van der Waals surface area contributed by atoms with E-state index >= 15 is 0 Å². The van der Waals surface area contributed by atoms with E-state index in [0.717, 1.165) is 17.4 Å². The fraction of sp³-hybridized carbons (Fsp3) is 0.471. The number of nitrogens with zero attached hydrogens (tertiary/aromatic N) is 2. The van der Waals surface area contributed by atoms with Crippen LogP contribution in [0, 0.1) is 12.8 Å². The Morgan fingerprint density at radius 2 is 1.92 bits per heavy atom. The van der Waals surface area contributed by atoms with Gasteiger partial charge in [0.2, 0.25) is 11.8 Å². The highest BCUT2D eigenvalue weighted by Crippen LogP contribution is 2.50. The fourth-order valence-electron chi connectivity index (χ4n) is 3.69. The van der Waals surface area contributed by atoms with Gasteiger partial charge in [0.25, 0.3) is 15.9 Å². The predicted octanol–water partition coefficient (Wildman–Crippen LogP) is 1.16. The maximum Gasteiger partial charge on any atom is 0.268 e. The number of aryl methyl sites for hydroxylation is 1. The number of rotatable bonds is 2. The summed E-state index contributed by atoms with van der Waals surface area (Å²) < 4.78 is 26.4. The molecule has 0 aliphatic carbocycles. The number of amides is 3. The zero-order chi connectivity index (χ0) is 18.7. The van der Waals surface area contributed by atoms with Crippen molar-refractivity contribution in [3.63, 3.8) is 0 Å². The second-order valence-corrected chi connectivity index (χ2v) is 8.78. The number of hydrogen-bond donors (Lipinski definition) is 0. The smallest absolute Gasteiger partial charge is 0.268 e. The molecule has 1 aromatic rings. The van der Waals surface area contributed by atoms with Crippen molar-refractivity contribution >= 4 is 27.7 Å². The van der Waals surface area contributed by atoms with E-state index in [9.17, 15) is 22.8 Å². The van der Waals surface area contributed by atoms with Gasteiger partial charge in [-0.25, -0.2) is 12.7 Å². The van der Waals surface area contributed by atoms with E-state index in [1.165, 1.54) is 6.07 Å². The average molecular weight is 364 g/mol. The molecule has 1 unspecified atom stereocenters. The molecular formula is C17H20N2O5S. The molecule has 0 saturated carbocycles. The van der Waals surface area contributed by atoms with Gasteiger partial charge in [0.1, 0.15) is 0 Å². The summed E-state index contributed by atoms with van der Waals surface area (Å²) in [6, 6.07) is 4.59. The number of carbonyl (C=O) groups excluding carboxylic acids is 3. The maximum absolute atomic E-state index is 13.2. The van der Waals surface area contributed by atoms with Crippen LogP contribution < -0.4 is 0 Å². The van der Waals surface area contributed by atoms with Crippen molar-refractivity contribution in [1.29, 1.82) is 0 Å². The Balaban J connectivity index is 2.30. The monoisotopic (exact) mass is 364 g/mol. The summed E-state index contributed by atoms with van der Waals surface area (Å²) in [7, 11) is -4.18. The highest BCUT2D eigenvalue weighted by atomic mass is 32.2. The Kier molecular flexibility index (Phi) is 3.79. The van der Waals surface area contributed by atoms with Crippen molar-refractivity contribution in [2.75, 3.05) is 6.54 Å². The molecule has 1 aromatic carbocycles. The third-order valence-corrected chi connectivity index (χ3v) is 6.55. The molecule has 0 radical (unpaired) electrons. The molecule has 2 aliphatic heterocycles. The van der Waals surface area contributed by atoms with Gasteiger partial charge in [-0.3, -0.25) is 19.3 Å². The number of carbonyl (C=O) groups is 3. The van der Waals surface area contributed by atoms with Gasteiger partial charge in [-0.05, 0) is 18.9 Å². The Labute approximate surface area is 146 Å². The van der Waals surface area contributed by atoms with Gasteiger partial charge in [-0.15, -0.1) is 0 Å². The van der Waals surface area contributed by atoms with Crippen molar-refractivity contribution in [3.05, 3.63) is 29.3 Å². The third kappa shape index (κ3) is 2.23. The SMILES string of the molecule is CC(=O)N1C2(CC(=O)N(CC(C)C)C2=O)c2cc(C)ccc2S1(=O)=O. The van der Waals surface area contributed by atoms with Gasteiger partial charge in [0.15, 0.2) is 5.54 Å². The molecular weight excluding hydrogens is 344 g/mol. The van der Waals surface area contributed by atoms with E-state index in [1.807, 2.05) is 13.8 Å². The van der Waals surface area contributed by atoms with E-state index in [1.54, 1.807) is 19.1 Å². The topological polar surface area (TPSA) is 91.8 Å². The molecule has 1 saturated heterocycles. The van der Waals surface area contributed by atoms with Gasteiger partial charge < -0.3 is 0 Å². The summed E-state index contributed by atoms with van der Waals surface area (Å²) >= 11 is 0. The summed E-state index contributed by atoms with van der Waals surface area (Å²) in [6.45, 7) is 6.77. The highest BCUT2D eigenvalue weighted by Gasteiger charge is 2.66. The first kappa shape index (κ1) is 17.6. The lowest BCUT2D eigenvalue weighted by Crippen LogP contribution is -2.52. The summed E-state index contributed by atoms with van der Waals surface area (Å²) in [5.41, 5.74) is -0.827. The molecule has 7 nitrogen and oxygen atoms in total. The maximum atomic E-state index is 13.2.